The predicted molar refractivity (Wildman–Crippen MR) is 107 cm³/mol. The van der Waals surface area contributed by atoms with Crippen molar-refractivity contribution in [2.45, 2.75) is 32.0 Å². The van der Waals surface area contributed by atoms with Gasteiger partial charge in [0.25, 0.3) is 0 Å². The lowest BCUT2D eigenvalue weighted by Gasteiger charge is -2.33. The highest BCUT2D eigenvalue weighted by Gasteiger charge is 2.27. The van der Waals surface area contributed by atoms with Crippen molar-refractivity contribution < 1.29 is 9.53 Å². The zero-order valence-corrected chi connectivity index (χ0v) is 16.5. The Kier molecular flexibility index (Phi) is 6.82. The monoisotopic (exact) mass is 419 g/mol. The Balaban J connectivity index is 1.69. The third-order valence-corrected chi connectivity index (χ3v) is 5.86. The van der Waals surface area contributed by atoms with Crippen LogP contribution in [0.15, 0.2) is 59.1 Å². The summed E-state index contributed by atoms with van der Waals surface area (Å²) in [5, 5.41) is 0. The molecule has 132 valence electrons. The molecule has 1 fully saturated rings. The van der Waals surface area contributed by atoms with Crippen LogP contribution in [0.5, 0.6) is 0 Å². The van der Waals surface area contributed by atoms with Gasteiger partial charge in [-0.05, 0) is 47.6 Å². The van der Waals surface area contributed by atoms with Crippen molar-refractivity contribution in [3.05, 3.63) is 70.2 Å². The van der Waals surface area contributed by atoms with Gasteiger partial charge < -0.3 is 9.64 Å². The van der Waals surface area contributed by atoms with Crippen LogP contribution >= 0.6 is 27.7 Å². The second-order valence-corrected chi connectivity index (χ2v) is 8.28. The summed E-state index contributed by atoms with van der Waals surface area (Å²) in [5.41, 5.74) is 2.13. The first-order valence-electron chi connectivity index (χ1n) is 8.52. The fourth-order valence-corrected chi connectivity index (χ4v) is 4.50. The lowest BCUT2D eigenvalue weighted by Crippen LogP contribution is -2.42. The minimum absolute atomic E-state index is 0.222. The van der Waals surface area contributed by atoms with Gasteiger partial charge in [-0.3, -0.25) is 0 Å². The van der Waals surface area contributed by atoms with Gasteiger partial charge >= 0.3 is 6.09 Å². The molecule has 0 unspecified atom stereocenters. The molecule has 0 bridgehead atoms. The van der Waals surface area contributed by atoms with Crippen LogP contribution in [0.3, 0.4) is 0 Å². The molecule has 3 nitrogen and oxygen atoms in total. The molecule has 0 saturated carbocycles. The van der Waals surface area contributed by atoms with Crippen LogP contribution in [-0.2, 0) is 17.9 Å². The number of benzene rings is 2. The molecule has 3 rings (SSSR count). The molecule has 1 aliphatic heterocycles. The SMILES string of the molecule is O=C(OCc1ccccc1)N(Cc1cccc(Br)c1)C1CCSCC1. The first kappa shape index (κ1) is 18.3. The van der Waals surface area contributed by atoms with Crippen LogP contribution < -0.4 is 0 Å². The number of amides is 1. The second kappa shape index (κ2) is 9.30. The summed E-state index contributed by atoms with van der Waals surface area (Å²) < 4.78 is 6.64. The van der Waals surface area contributed by atoms with Crippen molar-refractivity contribution in [1.82, 2.24) is 4.90 Å². The van der Waals surface area contributed by atoms with E-state index >= 15 is 0 Å². The van der Waals surface area contributed by atoms with E-state index in [2.05, 4.69) is 28.1 Å². The lowest BCUT2D eigenvalue weighted by molar-refractivity contribution is 0.0749. The number of ether oxygens (including phenoxy) is 1. The molecule has 1 aliphatic rings. The summed E-state index contributed by atoms with van der Waals surface area (Å²) in [6.07, 6.45) is 1.83. The molecule has 0 spiro atoms. The number of carbonyl (C=O) groups excluding carboxylic acids is 1. The van der Waals surface area contributed by atoms with Crippen LogP contribution in [0.1, 0.15) is 24.0 Å². The van der Waals surface area contributed by atoms with Crippen molar-refractivity contribution in [2.75, 3.05) is 11.5 Å². The van der Waals surface area contributed by atoms with Gasteiger partial charge in [-0.25, -0.2) is 4.79 Å². The van der Waals surface area contributed by atoms with E-state index in [1.165, 1.54) is 0 Å². The standard InChI is InChI=1S/C20H22BrNO2S/c21-18-8-4-7-17(13-18)14-22(19-9-11-25-12-10-19)20(23)24-15-16-5-2-1-3-6-16/h1-8,13,19H,9-12,14-15H2. The number of nitrogens with zero attached hydrogens (tertiary/aromatic N) is 1. The molecule has 1 amide bonds. The molecule has 2 aromatic rings. The number of rotatable bonds is 5. The maximum absolute atomic E-state index is 12.8. The van der Waals surface area contributed by atoms with Crippen LogP contribution in [0.4, 0.5) is 4.79 Å². The summed E-state index contributed by atoms with van der Waals surface area (Å²) in [6.45, 7) is 0.901. The quantitative estimate of drug-likeness (QED) is 0.641. The van der Waals surface area contributed by atoms with Crippen molar-refractivity contribution in [1.29, 1.82) is 0 Å². The summed E-state index contributed by atoms with van der Waals surface area (Å²) >= 11 is 5.47. The normalized spacial score (nSPS) is 14.9. The van der Waals surface area contributed by atoms with Gasteiger partial charge in [0.1, 0.15) is 6.61 Å². The van der Waals surface area contributed by atoms with Gasteiger partial charge in [0.05, 0.1) is 0 Å². The first-order valence-corrected chi connectivity index (χ1v) is 10.5. The van der Waals surface area contributed by atoms with Crippen LogP contribution in [-0.4, -0.2) is 28.5 Å². The number of carbonyl (C=O) groups is 1. The summed E-state index contributed by atoms with van der Waals surface area (Å²) in [7, 11) is 0. The molecule has 0 aliphatic carbocycles. The Labute approximate surface area is 161 Å². The molecule has 1 saturated heterocycles. The van der Waals surface area contributed by atoms with Crippen LogP contribution in [0, 0.1) is 0 Å². The summed E-state index contributed by atoms with van der Waals surface area (Å²) in [4.78, 5) is 14.7. The van der Waals surface area contributed by atoms with E-state index in [-0.39, 0.29) is 12.1 Å². The zero-order valence-electron chi connectivity index (χ0n) is 14.1. The molecule has 0 N–H and O–H groups in total. The van der Waals surface area contributed by atoms with Crippen LogP contribution in [0.2, 0.25) is 0 Å². The van der Waals surface area contributed by atoms with Gasteiger partial charge in [-0.15, -0.1) is 0 Å². The molecule has 0 atom stereocenters. The third-order valence-electron chi connectivity index (χ3n) is 4.31. The fourth-order valence-electron chi connectivity index (χ4n) is 2.97. The average Bonchev–Trinajstić information content (AvgIpc) is 2.66. The molecule has 2 aromatic carbocycles. The number of thioether (sulfide) groups is 1. The Hall–Kier alpha value is -1.46. The van der Waals surface area contributed by atoms with E-state index in [4.69, 9.17) is 4.74 Å². The summed E-state index contributed by atoms with van der Waals surface area (Å²) in [5.74, 6) is 2.21. The van der Waals surface area contributed by atoms with E-state index < -0.39 is 0 Å². The third kappa shape index (κ3) is 5.51. The van der Waals surface area contributed by atoms with E-state index in [0.29, 0.717) is 13.2 Å². The minimum atomic E-state index is -0.222. The van der Waals surface area contributed by atoms with Gasteiger partial charge in [0, 0.05) is 17.1 Å². The number of hydrogen-bond donors (Lipinski definition) is 0. The Morgan fingerprint density at radius 1 is 1.08 bits per heavy atom. The highest BCUT2D eigenvalue weighted by molar-refractivity contribution is 9.10. The van der Waals surface area contributed by atoms with E-state index in [0.717, 1.165) is 39.9 Å². The van der Waals surface area contributed by atoms with Crippen molar-refractivity contribution >= 4 is 33.8 Å². The average molecular weight is 420 g/mol. The second-order valence-electron chi connectivity index (χ2n) is 6.14. The Bertz CT molecular complexity index is 689. The lowest BCUT2D eigenvalue weighted by atomic mass is 10.1. The zero-order chi connectivity index (χ0) is 17.5. The van der Waals surface area contributed by atoms with Gasteiger partial charge in [0.2, 0.25) is 0 Å². The Morgan fingerprint density at radius 2 is 1.80 bits per heavy atom. The molecule has 0 radical (unpaired) electrons. The molecule has 0 aromatic heterocycles. The molecule has 5 heteroatoms. The van der Waals surface area contributed by atoms with Crippen LogP contribution in [0.25, 0.3) is 0 Å². The maximum atomic E-state index is 12.8. The number of halogens is 1. The van der Waals surface area contributed by atoms with E-state index in [1.807, 2.05) is 59.1 Å². The topological polar surface area (TPSA) is 29.5 Å². The highest BCUT2D eigenvalue weighted by Crippen LogP contribution is 2.25. The van der Waals surface area contributed by atoms with Crippen molar-refractivity contribution in [2.24, 2.45) is 0 Å². The van der Waals surface area contributed by atoms with E-state index in [1.54, 1.807) is 0 Å². The molecular weight excluding hydrogens is 398 g/mol. The highest BCUT2D eigenvalue weighted by atomic mass is 79.9. The summed E-state index contributed by atoms with van der Waals surface area (Å²) in [6, 6.07) is 18.2. The maximum Gasteiger partial charge on any atom is 0.410 e. The smallest absolute Gasteiger partial charge is 0.410 e. The minimum Gasteiger partial charge on any atom is -0.445 e. The van der Waals surface area contributed by atoms with Gasteiger partial charge in [-0.1, -0.05) is 58.4 Å². The fraction of sp³-hybridized carbons (Fsp3) is 0.350. The van der Waals surface area contributed by atoms with Gasteiger partial charge in [0.15, 0.2) is 0 Å². The molecular formula is C20H22BrNO2S. The Morgan fingerprint density at radius 3 is 2.52 bits per heavy atom. The first-order chi connectivity index (χ1) is 12.2. The molecule has 1 heterocycles. The van der Waals surface area contributed by atoms with Crippen molar-refractivity contribution in [3.8, 4) is 0 Å². The largest absolute Gasteiger partial charge is 0.445 e. The van der Waals surface area contributed by atoms with E-state index in [9.17, 15) is 4.79 Å². The predicted octanol–water partition coefficient (Wildman–Crippen LogP) is 5.48. The molecule has 25 heavy (non-hydrogen) atoms. The van der Waals surface area contributed by atoms with Gasteiger partial charge in [-0.2, -0.15) is 11.8 Å². The van der Waals surface area contributed by atoms with Crippen molar-refractivity contribution in [3.63, 3.8) is 0 Å². The number of hydrogen-bond acceptors (Lipinski definition) is 3.